The first-order valence-corrected chi connectivity index (χ1v) is 12.1. The van der Waals surface area contributed by atoms with Gasteiger partial charge in [0.25, 0.3) is 5.91 Å². The SMILES string of the molecule is CC1CCN(c2nccc(N3Cc4[nH]nc(NC(=O)c5ccc(C(C)(C)C)cc5)c4C3)n2)CC1. The van der Waals surface area contributed by atoms with E-state index in [1.54, 1.807) is 0 Å². The summed E-state index contributed by atoms with van der Waals surface area (Å²) in [5.41, 5.74) is 3.88. The zero-order valence-electron chi connectivity index (χ0n) is 20.4. The lowest BCUT2D eigenvalue weighted by atomic mass is 9.87. The van der Waals surface area contributed by atoms with Gasteiger partial charge in [0.05, 0.1) is 18.8 Å². The lowest BCUT2D eigenvalue weighted by molar-refractivity contribution is 0.102. The predicted octanol–water partition coefficient (Wildman–Crippen LogP) is 4.51. The topological polar surface area (TPSA) is 90.0 Å². The molecular weight excluding hydrogens is 426 g/mol. The van der Waals surface area contributed by atoms with E-state index in [9.17, 15) is 4.79 Å². The van der Waals surface area contributed by atoms with Gasteiger partial charge in [0, 0.05) is 30.4 Å². The number of amides is 1. The molecule has 178 valence electrons. The van der Waals surface area contributed by atoms with Crippen molar-refractivity contribution in [2.24, 2.45) is 5.92 Å². The minimum absolute atomic E-state index is 0.0504. The van der Waals surface area contributed by atoms with Crippen LogP contribution in [0.15, 0.2) is 36.5 Å². The van der Waals surface area contributed by atoms with Gasteiger partial charge in [-0.15, -0.1) is 0 Å². The van der Waals surface area contributed by atoms with Crippen LogP contribution in [0.5, 0.6) is 0 Å². The van der Waals surface area contributed by atoms with Gasteiger partial charge in [0.15, 0.2) is 5.82 Å². The smallest absolute Gasteiger partial charge is 0.256 e. The fourth-order valence-corrected chi connectivity index (χ4v) is 4.58. The van der Waals surface area contributed by atoms with Gasteiger partial charge in [-0.2, -0.15) is 10.1 Å². The summed E-state index contributed by atoms with van der Waals surface area (Å²) >= 11 is 0. The van der Waals surface area contributed by atoms with Crippen molar-refractivity contribution in [1.82, 2.24) is 20.2 Å². The first-order valence-electron chi connectivity index (χ1n) is 12.1. The number of aromatic nitrogens is 4. The molecule has 0 aliphatic carbocycles. The quantitative estimate of drug-likeness (QED) is 0.597. The lowest BCUT2D eigenvalue weighted by Crippen LogP contribution is -2.34. The van der Waals surface area contributed by atoms with Crippen molar-refractivity contribution in [3.05, 3.63) is 58.9 Å². The van der Waals surface area contributed by atoms with E-state index in [1.165, 1.54) is 18.4 Å². The van der Waals surface area contributed by atoms with Crippen LogP contribution >= 0.6 is 0 Å². The second kappa shape index (κ2) is 8.74. The Morgan fingerprint density at radius 1 is 1.06 bits per heavy atom. The molecule has 3 aromatic rings. The van der Waals surface area contributed by atoms with Gasteiger partial charge in [-0.05, 0) is 47.9 Å². The number of benzene rings is 1. The average Bonchev–Trinajstić information content (AvgIpc) is 3.41. The second-order valence-electron chi connectivity index (χ2n) is 10.6. The molecule has 2 aliphatic rings. The Labute approximate surface area is 200 Å². The van der Waals surface area contributed by atoms with Crippen LogP contribution < -0.4 is 15.1 Å². The van der Waals surface area contributed by atoms with Crippen molar-refractivity contribution < 1.29 is 4.79 Å². The van der Waals surface area contributed by atoms with Gasteiger partial charge < -0.3 is 15.1 Å². The van der Waals surface area contributed by atoms with E-state index < -0.39 is 0 Å². The molecule has 1 amide bonds. The summed E-state index contributed by atoms with van der Waals surface area (Å²) in [6.07, 6.45) is 4.19. The summed E-state index contributed by atoms with van der Waals surface area (Å²) in [4.78, 5) is 26.7. The number of anilines is 3. The molecule has 8 heteroatoms. The zero-order valence-corrected chi connectivity index (χ0v) is 20.4. The number of fused-ring (bicyclic) bond motifs is 1. The lowest BCUT2D eigenvalue weighted by Gasteiger charge is -2.30. The van der Waals surface area contributed by atoms with Crippen LogP contribution in [0.4, 0.5) is 17.6 Å². The summed E-state index contributed by atoms with van der Waals surface area (Å²) < 4.78 is 0. The monoisotopic (exact) mass is 459 g/mol. The van der Waals surface area contributed by atoms with E-state index in [0.29, 0.717) is 24.5 Å². The van der Waals surface area contributed by atoms with Crippen LogP contribution in [0.1, 0.15) is 67.7 Å². The van der Waals surface area contributed by atoms with Crippen LogP contribution in [-0.4, -0.2) is 39.2 Å². The zero-order chi connectivity index (χ0) is 23.9. The Morgan fingerprint density at radius 3 is 2.50 bits per heavy atom. The third-order valence-corrected chi connectivity index (χ3v) is 6.91. The number of rotatable bonds is 4. The Kier molecular flexibility index (Phi) is 5.75. The number of H-pyrrole nitrogens is 1. The summed E-state index contributed by atoms with van der Waals surface area (Å²) in [6.45, 7) is 12.1. The van der Waals surface area contributed by atoms with E-state index in [-0.39, 0.29) is 11.3 Å². The van der Waals surface area contributed by atoms with Gasteiger partial charge in [0.2, 0.25) is 5.95 Å². The second-order valence-corrected chi connectivity index (χ2v) is 10.6. The molecule has 2 aliphatic heterocycles. The molecule has 2 N–H and O–H groups in total. The van der Waals surface area contributed by atoms with E-state index in [1.807, 2.05) is 36.5 Å². The molecule has 0 bridgehead atoms. The van der Waals surface area contributed by atoms with Crippen LogP contribution in [0, 0.1) is 5.92 Å². The molecule has 2 aromatic heterocycles. The molecule has 0 unspecified atom stereocenters. The standard InChI is InChI=1S/C26H33N7O/c1-17-10-13-32(14-11-17)25-27-12-9-22(28-25)33-15-20-21(16-33)30-31-23(20)29-24(34)18-5-7-19(8-6-18)26(2,3)4/h5-9,12,17H,10-11,13-16H2,1-4H3,(H2,29,30,31,34). The van der Waals surface area contributed by atoms with Crippen LogP contribution in [0.3, 0.4) is 0 Å². The van der Waals surface area contributed by atoms with Crippen molar-refractivity contribution in [3.8, 4) is 0 Å². The maximum atomic E-state index is 12.9. The van der Waals surface area contributed by atoms with Gasteiger partial charge in [-0.3, -0.25) is 9.89 Å². The molecule has 34 heavy (non-hydrogen) atoms. The normalized spacial score (nSPS) is 16.6. The molecule has 0 radical (unpaired) electrons. The molecule has 8 nitrogen and oxygen atoms in total. The number of aromatic amines is 1. The van der Waals surface area contributed by atoms with Crippen LogP contribution in [-0.2, 0) is 18.5 Å². The van der Waals surface area contributed by atoms with Crippen LogP contribution in [0.2, 0.25) is 0 Å². The number of piperidine rings is 1. The number of nitrogens with zero attached hydrogens (tertiary/aromatic N) is 5. The highest BCUT2D eigenvalue weighted by Gasteiger charge is 2.28. The molecule has 4 heterocycles. The number of carbonyl (C=O) groups is 1. The fourth-order valence-electron chi connectivity index (χ4n) is 4.58. The third kappa shape index (κ3) is 4.49. The highest BCUT2D eigenvalue weighted by molar-refractivity contribution is 6.04. The van der Waals surface area contributed by atoms with Crippen molar-refractivity contribution in [3.63, 3.8) is 0 Å². The Balaban J connectivity index is 1.27. The number of hydrogen-bond donors (Lipinski definition) is 2. The number of carbonyl (C=O) groups excluding carboxylic acids is 1. The molecule has 0 saturated carbocycles. The summed E-state index contributed by atoms with van der Waals surface area (Å²) in [5.74, 6) is 2.88. The summed E-state index contributed by atoms with van der Waals surface area (Å²) in [7, 11) is 0. The Hall–Kier alpha value is -3.42. The van der Waals surface area contributed by atoms with Crippen molar-refractivity contribution >= 4 is 23.5 Å². The van der Waals surface area contributed by atoms with Gasteiger partial charge >= 0.3 is 0 Å². The minimum atomic E-state index is -0.156. The Morgan fingerprint density at radius 2 is 1.79 bits per heavy atom. The number of hydrogen-bond acceptors (Lipinski definition) is 6. The van der Waals surface area contributed by atoms with Crippen LogP contribution in [0.25, 0.3) is 0 Å². The fraction of sp³-hybridized carbons (Fsp3) is 0.462. The van der Waals surface area contributed by atoms with Crippen molar-refractivity contribution in [2.45, 2.75) is 59.0 Å². The third-order valence-electron chi connectivity index (χ3n) is 6.91. The van der Waals surface area contributed by atoms with E-state index in [0.717, 1.165) is 42.0 Å². The van der Waals surface area contributed by atoms with E-state index in [4.69, 9.17) is 4.98 Å². The van der Waals surface area contributed by atoms with Gasteiger partial charge in [0.1, 0.15) is 5.82 Å². The van der Waals surface area contributed by atoms with Gasteiger partial charge in [-0.1, -0.05) is 39.8 Å². The predicted molar refractivity (Wildman–Crippen MR) is 134 cm³/mol. The first kappa shape index (κ1) is 22.4. The van der Waals surface area contributed by atoms with Crippen molar-refractivity contribution in [2.75, 3.05) is 28.2 Å². The number of nitrogens with one attached hydrogen (secondary N) is 2. The molecule has 1 aromatic carbocycles. The van der Waals surface area contributed by atoms with Gasteiger partial charge in [-0.25, -0.2) is 4.98 Å². The van der Waals surface area contributed by atoms with E-state index in [2.05, 4.69) is 58.0 Å². The summed E-state index contributed by atoms with van der Waals surface area (Å²) in [6, 6.07) is 9.73. The minimum Gasteiger partial charge on any atom is -0.346 e. The average molecular weight is 460 g/mol. The highest BCUT2D eigenvalue weighted by atomic mass is 16.1. The molecule has 5 rings (SSSR count). The highest BCUT2D eigenvalue weighted by Crippen LogP contribution is 2.31. The van der Waals surface area contributed by atoms with Crippen molar-refractivity contribution in [1.29, 1.82) is 0 Å². The molecule has 0 spiro atoms. The largest absolute Gasteiger partial charge is 0.346 e. The molecule has 1 fully saturated rings. The molecular formula is C26H33N7O. The first-order chi connectivity index (χ1) is 16.3. The maximum absolute atomic E-state index is 12.9. The Bertz CT molecular complexity index is 1170. The maximum Gasteiger partial charge on any atom is 0.256 e. The van der Waals surface area contributed by atoms with E-state index >= 15 is 0 Å². The molecule has 1 saturated heterocycles. The summed E-state index contributed by atoms with van der Waals surface area (Å²) in [5, 5.41) is 10.4. The molecule has 0 atom stereocenters.